The summed E-state index contributed by atoms with van der Waals surface area (Å²) in [6.45, 7) is 6.37. The number of aliphatic hydroxyl groups is 3. The molecule has 4 aliphatic rings. The fraction of sp³-hybridized carbons (Fsp3) is 0.950. The average Bonchev–Trinajstić information content (AvgIpc) is 2.77. The SMILES string of the molecule is C[C@]12C(CC[C@@H]3[C@@H]1CC[C@@]1(C)[C@H]3CC[C@]1(C)O)CC(=O)[C@H](O)[C@@H]2O. The van der Waals surface area contributed by atoms with Gasteiger partial charge >= 0.3 is 0 Å². The lowest BCUT2D eigenvalue weighted by atomic mass is 9.43. The van der Waals surface area contributed by atoms with Crippen LogP contribution in [0.1, 0.15) is 65.7 Å². The van der Waals surface area contributed by atoms with Crippen molar-refractivity contribution in [2.75, 3.05) is 0 Å². The van der Waals surface area contributed by atoms with E-state index < -0.39 is 17.8 Å². The van der Waals surface area contributed by atoms with Gasteiger partial charge < -0.3 is 15.3 Å². The lowest BCUT2D eigenvalue weighted by Crippen LogP contribution is -2.63. The first-order valence-corrected chi connectivity index (χ1v) is 9.74. The maximum absolute atomic E-state index is 12.0. The van der Waals surface area contributed by atoms with Gasteiger partial charge in [-0.15, -0.1) is 0 Å². The van der Waals surface area contributed by atoms with Gasteiger partial charge in [-0.2, -0.15) is 0 Å². The molecule has 4 nitrogen and oxygen atoms in total. The highest BCUT2D eigenvalue weighted by molar-refractivity contribution is 5.85. The molecule has 0 aromatic carbocycles. The molecule has 4 saturated carbocycles. The first kappa shape index (κ1) is 17.0. The van der Waals surface area contributed by atoms with Crippen LogP contribution >= 0.6 is 0 Å². The Hall–Kier alpha value is -0.450. The molecule has 0 bridgehead atoms. The minimum Gasteiger partial charge on any atom is -0.390 e. The number of fused-ring (bicyclic) bond motifs is 5. The van der Waals surface area contributed by atoms with E-state index in [1.807, 2.05) is 6.92 Å². The molecule has 3 N–H and O–H groups in total. The van der Waals surface area contributed by atoms with Gasteiger partial charge in [-0.1, -0.05) is 13.8 Å². The number of carbonyl (C=O) groups is 1. The monoisotopic (exact) mass is 336 g/mol. The highest BCUT2D eigenvalue weighted by Crippen LogP contribution is 2.67. The number of hydrogen-bond donors (Lipinski definition) is 3. The molecule has 0 aliphatic heterocycles. The maximum Gasteiger partial charge on any atom is 0.164 e. The first-order chi connectivity index (χ1) is 11.1. The van der Waals surface area contributed by atoms with Crippen LogP contribution in [0.3, 0.4) is 0 Å². The third-order valence-electron chi connectivity index (χ3n) is 9.24. The average molecular weight is 336 g/mol. The van der Waals surface area contributed by atoms with Gasteiger partial charge in [0.2, 0.25) is 0 Å². The molecule has 0 amide bonds. The predicted molar refractivity (Wildman–Crippen MR) is 90.1 cm³/mol. The normalized spacial score (nSPS) is 60.3. The molecule has 1 unspecified atom stereocenters. The summed E-state index contributed by atoms with van der Waals surface area (Å²) in [6.07, 6.45) is 4.19. The quantitative estimate of drug-likeness (QED) is 0.634. The van der Waals surface area contributed by atoms with Gasteiger partial charge in [0.05, 0.1) is 11.7 Å². The Balaban J connectivity index is 1.69. The van der Waals surface area contributed by atoms with E-state index in [0.717, 1.165) is 38.5 Å². The van der Waals surface area contributed by atoms with Crippen LogP contribution in [-0.4, -0.2) is 38.9 Å². The third kappa shape index (κ3) is 1.88. The molecule has 0 aromatic heterocycles. The summed E-state index contributed by atoms with van der Waals surface area (Å²) < 4.78 is 0. The van der Waals surface area contributed by atoms with Crippen LogP contribution in [0.5, 0.6) is 0 Å². The van der Waals surface area contributed by atoms with E-state index in [1.165, 1.54) is 0 Å². The highest BCUT2D eigenvalue weighted by Gasteiger charge is 2.65. The molecule has 0 spiro atoms. The van der Waals surface area contributed by atoms with E-state index in [0.29, 0.717) is 24.2 Å². The van der Waals surface area contributed by atoms with Crippen LogP contribution in [0.4, 0.5) is 0 Å². The molecule has 9 atom stereocenters. The topological polar surface area (TPSA) is 77.8 Å². The van der Waals surface area contributed by atoms with Gasteiger partial charge in [-0.05, 0) is 74.5 Å². The van der Waals surface area contributed by atoms with Gasteiger partial charge in [-0.25, -0.2) is 0 Å². The summed E-state index contributed by atoms with van der Waals surface area (Å²) >= 11 is 0. The molecule has 4 rings (SSSR count). The molecule has 136 valence electrons. The molecule has 24 heavy (non-hydrogen) atoms. The van der Waals surface area contributed by atoms with E-state index >= 15 is 0 Å². The Morgan fingerprint density at radius 1 is 0.958 bits per heavy atom. The van der Waals surface area contributed by atoms with Crippen molar-refractivity contribution in [2.24, 2.45) is 34.5 Å². The number of carbonyl (C=O) groups excluding carboxylic acids is 1. The summed E-state index contributed by atoms with van der Waals surface area (Å²) in [4.78, 5) is 12.0. The maximum atomic E-state index is 12.0. The van der Waals surface area contributed by atoms with Crippen LogP contribution in [-0.2, 0) is 4.79 Å². The van der Waals surface area contributed by atoms with E-state index in [1.54, 1.807) is 0 Å². The molecule has 4 heteroatoms. The minimum atomic E-state index is -1.22. The van der Waals surface area contributed by atoms with Crippen LogP contribution in [0.2, 0.25) is 0 Å². The number of hydrogen-bond acceptors (Lipinski definition) is 4. The zero-order chi connectivity index (χ0) is 17.5. The Labute approximate surface area is 144 Å². The fourth-order valence-electron chi connectivity index (χ4n) is 7.38. The van der Waals surface area contributed by atoms with Gasteiger partial charge in [0.15, 0.2) is 5.78 Å². The van der Waals surface area contributed by atoms with Crippen molar-refractivity contribution in [2.45, 2.75) is 83.5 Å². The Bertz CT molecular complexity index is 554. The second-order valence-corrected chi connectivity index (χ2v) is 9.85. The first-order valence-electron chi connectivity index (χ1n) is 9.74. The summed E-state index contributed by atoms with van der Waals surface area (Å²) in [5, 5.41) is 32.0. The lowest BCUT2D eigenvalue weighted by Gasteiger charge is -2.62. The van der Waals surface area contributed by atoms with Crippen molar-refractivity contribution in [1.29, 1.82) is 0 Å². The molecule has 4 aliphatic carbocycles. The zero-order valence-corrected chi connectivity index (χ0v) is 15.2. The summed E-state index contributed by atoms with van der Waals surface area (Å²) in [5.41, 5.74) is -1.00. The number of ketones is 1. The number of rotatable bonds is 0. The largest absolute Gasteiger partial charge is 0.390 e. The number of Topliss-reactive ketones (excluding diaryl/α,β-unsaturated/α-hetero) is 1. The van der Waals surface area contributed by atoms with Crippen molar-refractivity contribution < 1.29 is 20.1 Å². The van der Waals surface area contributed by atoms with Crippen LogP contribution in [0.15, 0.2) is 0 Å². The van der Waals surface area contributed by atoms with Gasteiger partial charge in [0.25, 0.3) is 0 Å². The molecule has 4 fully saturated rings. The smallest absolute Gasteiger partial charge is 0.164 e. The van der Waals surface area contributed by atoms with Crippen LogP contribution < -0.4 is 0 Å². The Morgan fingerprint density at radius 3 is 2.33 bits per heavy atom. The van der Waals surface area contributed by atoms with Gasteiger partial charge in [0, 0.05) is 11.8 Å². The van der Waals surface area contributed by atoms with Crippen molar-refractivity contribution >= 4 is 5.78 Å². The van der Waals surface area contributed by atoms with Crippen molar-refractivity contribution in [3.63, 3.8) is 0 Å². The van der Waals surface area contributed by atoms with E-state index in [9.17, 15) is 20.1 Å². The predicted octanol–water partition coefficient (Wildman–Crippen LogP) is 2.29. The summed E-state index contributed by atoms with van der Waals surface area (Å²) in [6, 6.07) is 0. The Morgan fingerprint density at radius 2 is 1.62 bits per heavy atom. The second kappa shape index (κ2) is 5.05. The van der Waals surface area contributed by atoms with Crippen LogP contribution in [0, 0.1) is 34.5 Å². The van der Waals surface area contributed by atoms with Crippen molar-refractivity contribution in [3.05, 3.63) is 0 Å². The molecule has 0 aromatic rings. The lowest BCUT2D eigenvalue weighted by molar-refractivity contribution is -0.203. The van der Waals surface area contributed by atoms with E-state index in [4.69, 9.17) is 0 Å². The summed E-state index contributed by atoms with van der Waals surface area (Å²) in [7, 11) is 0. The Kier molecular flexibility index (Phi) is 3.57. The zero-order valence-electron chi connectivity index (χ0n) is 15.2. The van der Waals surface area contributed by atoms with E-state index in [2.05, 4.69) is 13.8 Å². The third-order valence-corrected chi connectivity index (χ3v) is 9.24. The molecular formula is C20H32O4. The number of aliphatic hydroxyl groups excluding tert-OH is 2. The highest BCUT2D eigenvalue weighted by atomic mass is 16.3. The fourth-order valence-corrected chi connectivity index (χ4v) is 7.38. The van der Waals surface area contributed by atoms with Gasteiger partial charge in [-0.3, -0.25) is 4.79 Å². The molecule has 0 heterocycles. The van der Waals surface area contributed by atoms with Crippen molar-refractivity contribution in [3.8, 4) is 0 Å². The standard InChI is InChI=1S/C20H32O4/c1-18-8-6-14-12(13(18)7-9-19(18,2)24)5-4-11-10-15(21)16(22)17(23)20(11,14)3/h11-14,16-17,22-24H,4-10H2,1-3H3/t11?,12-,13-,14-,16-,17-,18-,19-,20-/m0/s1. The van der Waals surface area contributed by atoms with Gasteiger partial charge in [0.1, 0.15) is 6.10 Å². The molecular weight excluding hydrogens is 304 g/mol. The molecule has 0 radical (unpaired) electrons. The second-order valence-electron chi connectivity index (χ2n) is 9.85. The van der Waals surface area contributed by atoms with Crippen molar-refractivity contribution in [1.82, 2.24) is 0 Å². The molecule has 0 saturated heterocycles. The minimum absolute atomic E-state index is 0.0363. The van der Waals surface area contributed by atoms with E-state index in [-0.39, 0.29) is 22.5 Å². The van der Waals surface area contributed by atoms with Crippen LogP contribution in [0.25, 0.3) is 0 Å². The summed E-state index contributed by atoms with van der Waals surface area (Å²) in [5.74, 6) is 1.34.